The summed E-state index contributed by atoms with van der Waals surface area (Å²) in [5.41, 5.74) is 3.75. The molecule has 9 heteroatoms. The van der Waals surface area contributed by atoms with Gasteiger partial charge in [-0.3, -0.25) is 9.78 Å². The second kappa shape index (κ2) is 8.51. The maximum Gasteiger partial charge on any atom is 0.228 e. The molecule has 1 amide bonds. The molecule has 1 saturated carbocycles. The molecule has 3 aliphatic rings. The average molecular weight is 484 g/mol. The number of aromatic nitrogens is 5. The number of carbonyl (C=O) groups is 1. The molecular weight excluding hydrogens is 454 g/mol. The molecule has 0 spiro atoms. The molecule has 1 N–H and O–H groups in total. The fourth-order valence-corrected chi connectivity index (χ4v) is 5.64. The normalized spacial score (nSPS) is 21.8. The summed E-state index contributed by atoms with van der Waals surface area (Å²) in [7, 11) is 0. The molecule has 7 rings (SSSR count). The van der Waals surface area contributed by atoms with Gasteiger partial charge in [0.2, 0.25) is 5.91 Å². The zero-order chi connectivity index (χ0) is 24.2. The molecule has 2 bridgehead atoms. The molecule has 6 heterocycles. The van der Waals surface area contributed by atoms with Crippen LogP contribution >= 0.6 is 0 Å². The topological polar surface area (TPSA) is 97.5 Å². The highest BCUT2D eigenvalue weighted by molar-refractivity contribution is 6.00. The van der Waals surface area contributed by atoms with Gasteiger partial charge in [-0.2, -0.15) is 0 Å². The summed E-state index contributed by atoms with van der Waals surface area (Å²) < 4.78 is 7.61. The molecule has 2 atom stereocenters. The summed E-state index contributed by atoms with van der Waals surface area (Å²) in [4.78, 5) is 28.8. The number of carbonyl (C=O) groups excluding carboxylic acids is 1. The first-order valence-electron chi connectivity index (χ1n) is 12.9. The van der Waals surface area contributed by atoms with Gasteiger partial charge in [0, 0.05) is 65.3 Å². The fraction of sp³-hybridized carbons (Fsp3) is 0.444. The Morgan fingerprint density at radius 2 is 1.94 bits per heavy atom. The van der Waals surface area contributed by atoms with Crippen LogP contribution in [-0.4, -0.2) is 56.8 Å². The Labute approximate surface area is 208 Å². The van der Waals surface area contributed by atoms with Gasteiger partial charge in [-0.05, 0) is 43.9 Å². The van der Waals surface area contributed by atoms with Crippen LogP contribution < -0.4 is 10.2 Å². The van der Waals surface area contributed by atoms with E-state index in [9.17, 15) is 4.79 Å². The number of rotatable bonds is 5. The van der Waals surface area contributed by atoms with E-state index in [0.717, 1.165) is 78.9 Å². The fourth-order valence-electron chi connectivity index (χ4n) is 5.64. The van der Waals surface area contributed by atoms with E-state index in [1.165, 1.54) is 6.42 Å². The molecule has 3 fully saturated rings. The lowest BCUT2D eigenvalue weighted by atomic mass is 9.88. The number of piperidine rings is 1. The van der Waals surface area contributed by atoms with Crippen molar-refractivity contribution in [3.63, 3.8) is 0 Å². The lowest BCUT2D eigenvalue weighted by molar-refractivity contribution is -0.117. The highest BCUT2D eigenvalue weighted by Gasteiger charge is 2.32. The van der Waals surface area contributed by atoms with E-state index in [2.05, 4.69) is 39.4 Å². The average Bonchev–Trinajstić information content (AvgIpc) is 3.66. The minimum atomic E-state index is 0.0416. The second-order valence-corrected chi connectivity index (χ2v) is 10.4. The molecule has 2 saturated heterocycles. The summed E-state index contributed by atoms with van der Waals surface area (Å²) in [5, 5.41) is 9.73. The Balaban J connectivity index is 1.26. The van der Waals surface area contributed by atoms with Crippen molar-refractivity contribution in [3.05, 3.63) is 42.5 Å². The maximum absolute atomic E-state index is 12.3. The van der Waals surface area contributed by atoms with Gasteiger partial charge >= 0.3 is 0 Å². The van der Waals surface area contributed by atoms with Gasteiger partial charge in [-0.25, -0.2) is 14.5 Å². The van der Waals surface area contributed by atoms with Crippen LogP contribution in [0.4, 0.5) is 11.5 Å². The van der Waals surface area contributed by atoms with Crippen molar-refractivity contribution in [2.45, 2.75) is 32.6 Å². The molecule has 4 aromatic heterocycles. The molecular formula is C27H29N7O2. The van der Waals surface area contributed by atoms with Gasteiger partial charge in [0.15, 0.2) is 11.5 Å². The Hall–Kier alpha value is -3.59. The van der Waals surface area contributed by atoms with Gasteiger partial charge < -0.3 is 15.0 Å². The minimum absolute atomic E-state index is 0.0416. The van der Waals surface area contributed by atoms with Crippen molar-refractivity contribution in [1.29, 1.82) is 0 Å². The summed E-state index contributed by atoms with van der Waals surface area (Å²) >= 11 is 0. The quantitative estimate of drug-likeness (QED) is 0.462. The van der Waals surface area contributed by atoms with Crippen molar-refractivity contribution in [3.8, 4) is 11.4 Å². The van der Waals surface area contributed by atoms with Crippen LogP contribution in [0.15, 0.2) is 36.8 Å². The molecule has 9 nitrogen and oxygen atoms in total. The number of anilines is 2. The van der Waals surface area contributed by atoms with E-state index in [4.69, 9.17) is 14.8 Å². The Kier molecular flexibility index (Phi) is 5.13. The minimum Gasteiger partial charge on any atom is -0.381 e. The summed E-state index contributed by atoms with van der Waals surface area (Å²) in [5.74, 6) is 2.52. The number of hydrogen-bond donors (Lipinski definition) is 1. The summed E-state index contributed by atoms with van der Waals surface area (Å²) in [6.07, 6.45) is 9.68. The molecule has 2 aliphatic heterocycles. The van der Waals surface area contributed by atoms with Crippen LogP contribution in [0.5, 0.6) is 0 Å². The first-order valence-corrected chi connectivity index (χ1v) is 12.9. The van der Waals surface area contributed by atoms with Crippen LogP contribution in [0.3, 0.4) is 0 Å². The van der Waals surface area contributed by atoms with Crippen molar-refractivity contribution in [2.75, 3.05) is 36.5 Å². The molecule has 0 radical (unpaired) electrons. The van der Waals surface area contributed by atoms with E-state index in [1.54, 1.807) is 6.20 Å². The lowest BCUT2D eigenvalue weighted by Gasteiger charge is -2.42. The van der Waals surface area contributed by atoms with Crippen LogP contribution in [0.1, 0.15) is 31.9 Å². The number of hydrogen-bond acceptors (Lipinski definition) is 7. The third kappa shape index (κ3) is 3.87. The van der Waals surface area contributed by atoms with Crippen molar-refractivity contribution < 1.29 is 9.53 Å². The van der Waals surface area contributed by atoms with Gasteiger partial charge in [0.25, 0.3) is 0 Å². The van der Waals surface area contributed by atoms with E-state index in [1.807, 2.05) is 22.8 Å². The van der Waals surface area contributed by atoms with E-state index in [0.29, 0.717) is 23.5 Å². The number of amides is 1. The molecule has 4 aromatic rings. The maximum atomic E-state index is 12.3. The van der Waals surface area contributed by atoms with E-state index < -0.39 is 0 Å². The smallest absolute Gasteiger partial charge is 0.228 e. The van der Waals surface area contributed by atoms with Gasteiger partial charge in [-0.1, -0.05) is 6.92 Å². The first-order chi connectivity index (χ1) is 17.6. The SMILES string of the molecule is CCc1ncc(-c2nc3ccc(N4CC5COCC(C5)C4)cn3n2)c2cc(NC(=O)C3CC3)ncc12. The molecule has 184 valence electrons. The summed E-state index contributed by atoms with van der Waals surface area (Å²) in [6.45, 7) is 5.82. The number of nitrogens with one attached hydrogen (secondary N) is 1. The van der Waals surface area contributed by atoms with Gasteiger partial charge in [0.05, 0.1) is 25.1 Å². The number of ether oxygens (including phenoxy) is 1. The first kappa shape index (κ1) is 21.7. The highest BCUT2D eigenvalue weighted by atomic mass is 16.5. The van der Waals surface area contributed by atoms with Crippen LogP contribution in [-0.2, 0) is 16.0 Å². The Bertz CT molecular complexity index is 1470. The standard InChI is InChI=1S/C27H29N7O2/c1-2-23-21-9-29-24(30-27(35)18-3-4-18)8-20(21)22(10-28-23)26-31-25-6-5-19(13-34(25)32-26)33-11-16-7-17(12-33)15-36-14-16/h5-6,8-10,13,16-18H,2-4,7,11-12,14-15H2,1H3,(H,29,30,35). The zero-order valence-electron chi connectivity index (χ0n) is 20.4. The van der Waals surface area contributed by atoms with Gasteiger partial charge in [-0.15, -0.1) is 5.10 Å². The van der Waals surface area contributed by atoms with Crippen molar-refractivity contribution >= 4 is 33.8 Å². The number of fused-ring (bicyclic) bond motifs is 4. The molecule has 1 aliphatic carbocycles. The van der Waals surface area contributed by atoms with E-state index >= 15 is 0 Å². The van der Waals surface area contributed by atoms with Crippen molar-refractivity contribution in [2.24, 2.45) is 17.8 Å². The monoisotopic (exact) mass is 483 g/mol. The highest BCUT2D eigenvalue weighted by Crippen LogP contribution is 2.33. The third-order valence-electron chi connectivity index (χ3n) is 7.64. The molecule has 2 unspecified atom stereocenters. The largest absolute Gasteiger partial charge is 0.381 e. The number of pyridine rings is 3. The zero-order valence-corrected chi connectivity index (χ0v) is 20.4. The Morgan fingerprint density at radius 3 is 2.72 bits per heavy atom. The lowest BCUT2D eigenvalue weighted by Crippen LogP contribution is -2.46. The Morgan fingerprint density at radius 1 is 1.11 bits per heavy atom. The van der Waals surface area contributed by atoms with Gasteiger partial charge in [0.1, 0.15) is 5.82 Å². The third-order valence-corrected chi connectivity index (χ3v) is 7.64. The number of nitrogens with zero attached hydrogens (tertiary/aromatic N) is 6. The number of aryl methyl sites for hydroxylation is 1. The summed E-state index contributed by atoms with van der Waals surface area (Å²) in [6, 6.07) is 6.10. The van der Waals surface area contributed by atoms with E-state index in [-0.39, 0.29) is 11.8 Å². The predicted molar refractivity (Wildman–Crippen MR) is 137 cm³/mol. The van der Waals surface area contributed by atoms with Crippen LogP contribution in [0, 0.1) is 17.8 Å². The van der Waals surface area contributed by atoms with Crippen LogP contribution in [0.2, 0.25) is 0 Å². The second-order valence-electron chi connectivity index (χ2n) is 10.4. The van der Waals surface area contributed by atoms with Crippen molar-refractivity contribution in [1.82, 2.24) is 24.6 Å². The predicted octanol–water partition coefficient (Wildman–Crippen LogP) is 3.72. The molecule has 36 heavy (non-hydrogen) atoms. The molecule has 0 aromatic carbocycles. The van der Waals surface area contributed by atoms with Crippen LogP contribution in [0.25, 0.3) is 27.8 Å².